The molecule has 2 aromatic heterocycles. The van der Waals surface area contributed by atoms with Gasteiger partial charge in [-0.3, -0.25) is 4.79 Å². The number of nitrogens with zero attached hydrogens (tertiary/aromatic N) is 6. The van der Waals surface area contributed by atoms with Crippen molar-refractivity contribution in [2.45, 2.75) is 131 Å². The zero-order chi connectivity index (χ0) is 40.2. The Hall–Kier alpha value is -4.66. The zero-order valence-corrected chi connectivity index (χ0v) is 34.0. The number of imidazole rings is 1. The molecule has 3 amide bonds. The van der Waals surface area contributed by atoms with E-state index >= 15 is 0 Å². The monoisotopic (exact) mass is 771 g/mol. The van der Waals surface area contributed by atoms with Crippen LogP contribution in [0.5, 0.6) is 0 Å². The summed E-state index contributed by atoms with van der Waals surface area (Å²) in [5.74, 6) is -0.434. The second kappa shape index (κ2) is 16.4. The van der Waals surface area contributed by atoms with Gasteiger partial charge in [0, 0.05) is 30.2 Å². The molecule has 1 aliphatic rings. The van der Waals surface area contributed by atoms with Gasteiger partial charge in [-0.2, -0.15) is 4.90 Å². The standard InChI is InChI=1S/C38H54ClN7O8/c1-12-24-18-25(39)19-27(44-17-16-38(21-44,15-14-28(47)51-13-2)43-32(48)52-35(3,4)5)26(24)20-45-23-42-29-30(45)40-22-41-31(29)46(33(49)53-36(6,7)8)34(50)54-37(9,10)11/h18-19,22-23H,12-17,20-21H2,1-11H3,(H,43,48). The number of hydrogen-bond acceptors (Lipinski definition) is 12. The average molecular weight is 772 g/mol. The van der Waals surface area contributed by atoms with Crippen molar-refractivity contribution in [2.75, 3.05) is 29.5 Å². The first kappa shape index (κ1) is 42.1. The maximum atomic E-state index is 13.5. The second-order valence-corrected chi connectivity index (χ2v) is 16.8. The number of aromatic nitrogens is 4. The topological polar surface area (TPSA) is 167 Å². The average Bonchev–Trinajstić information content (AvgIpc) is 3.63. The number of alkyl carbamates (subject to hydrolysis) is 1. The molecule has 1 atom stereocenters. The molecule has 3 aromatic rings. The molecule has 296 valence electrons. The Balaban J connectivity index is 1.75. The molecule has 1 N–H and O–H groups in total. The molecule has 1 aliphatic heterocycles. The third kappa shape index (κ3) is 11.0. The van der Waals surface area contributed by atoms with Crippen LogP contribution in [0.15, 0.2) is 24.8 Å². The van der Waals surface area contributed by atoms with Crippen LogP contribution >= 0.6 is 11.6 Å². The number of carbonyl (C=O) groups excluding carboxylic acids is 4. The van der Waals surface area contributed by atoms with Crippen molar-refractivity contribution in [1.82, 2.24) is 24.8 Å². The maximum Gasteiger partial charge on any atom is 0.425 e. The maximum absolute atomic E-state index is 13.5. The molecular weight excluding hydrogens is 718 g/mol. The van der Waals surface area contributed by atoms with E-state index in [1.54, 1.807) is 80.1 Å². The van der Waals surface area contributed by atoms with E-state index in [0.29, 0.717) is 43.0 Å². The quantitative estimate of drug-likeness (QED) is 0.159. The number of carbonyl (C=O) groups is 4. The number of halogens is 1. The van der Waals surface area contributed by atoms with Gasteiger partial charge in [-0.15, -0.1) is 0 Å². The largest absolute Gasteiger partial charge is 0.466 e. The van der Waals surface area contributed by atoms with Crippen molar-refractivity contribution >= 4 is 58.5 Å². The molecule has 1 unspecified atom stereocenters. The van der Waals surface area contributed by atoms with Crippen LogP contribution in [-0.4, -0.2) is 85.8 Å². The summed E-state index contributed by atoms with van der Waals surface area (Å²) >= 11 is 6.72. The number of nitrogens with one attached hydrogen (secondary N) is 1. The van der Waals surface area contributed by atoms with Crippen LogP contribution in [0.4, 0.5) is 25.9 Å². The van der Waals surface area contributed by atoms with E-state index in [9.17, 15) is 19.2 Å². The molecule has 0 aliphatic carbocycles. The van der Waals surface area contributed by atoms with Crippen molar-refractivity contribution in [3.05, 3.63) is 40.9 Å². The summed E-state index contributed by atoms with van der Waals surface area (Å²) < 4.78 is 23.8. The molecule has 16 heteroatoms. The lowest BCUT2D eigenvalue weighted by Crippen LogP contribution is -2.52. The van der Waals surface area contributed by atoms with E-state index in [-0.39, 0.29) is 36.9 Å². The van der Waals surface area contributed by atoms with E-state index in [4.69, 9.17) is 30.5 Å². The molecule has 54 heavy (non-hydrogen) atoms. The minimum Gasteiger partial charge on any atom is -0.466 e. The molecule has 4 rings (SSSR count). The van der Waals surface area contributed by atoms with Gasteiger partial charge in [0.25, 0.3) is 0 Å². The van der Waals surface area contributed by atoms with Gasteiger partial charge in [0.1, 0.15) is 23.1 Å². The molecule has 0 bridgehead atoms. The highest BCUT2D eigenvalue weighted by Crippen LogP contribution is 2.37. The number of aryl methyl sites for hydroxylation is 1. The van der Waals surface area contributed by atoms with Gasteiger partial charge in [0.15, 0.2) is 17.0 Å². The van der Waals surface area contributed by atoms with Gasteiger partial charge >= 0.3 is 24.2 Å². The number of ether oxygens (including phenoxy) is 4. The smallest absolute Gasteiger partial charge is 0.425 e. The number of hydrogen-bond donors (Lipinski definition) is 1. The van der Waals surface area contributed by atoms with E-state index in [1.807, 2.05) is 19.1 Å². The number of rotatable bonds is 10. The molecule has 0 spiro atoms. The van der Waals surface area contributed by atoms with E-state index in [2.05, 4.69) is 25.2 Å². The Kier molecular flexibility index (Phi) is 12.8. The highest BCUT2D eigenvalue weighted by molar-refractivity contribution is 6.31. The lowest BCUT2D eigenvalue weighted by Gasteiger charge is -2.33. The fraction of sp³-hybridized carbons (Fsp3) is 0.605. The van der Waals surface area contributed by atoms with Crippen LogP contribution in [0.25, 0.3) is 11.2 Å². The van der Waals surface area contributed by atoms with Gasteiger partial charge in [-0.25, -0.2) is 29.3 Å². The van der Waals surface area contributed by atoms with Crippen LogP contribution in [-0.2, 0) is 36.7 Å². The highest BCUT2D eigenvalue weighted by Gasteiger charge is 2.42. The number of amides is 3. The van der Waals surface area contributed by atoms with Crippen LogP contribution in [0, 0.1) is 0 Å². The van der Waals surface area contributed by atoms with Gasteiger partial charge in [-0.05, 0) is 112 Å². The van der Waals surface area contributed by atoms with Crippen LogP contribution < -0.4 is 15.1 Å². The Morgan fingerprint density at radius 3 is 2.11 bits per heavy atom. The van der Waals surface area contributed by atoms with E-state index in [1.165, 1.54) is 6.33 Å². The Morgan fingerprint density at radius 1 is 0.907 bits per heavy atom. The molecule has 15 nitrogen and oxygen atoms in total. The summed E-state index contributed by atoms with van der Waals surface area (Å²) in [4.78, 5) is 68.8. The minimum atomic E-state index is -0.972. The van der Waals surface area contributed by atoms with Gasteiger partial charge < -0.3 is 33.7 Å². The van der Waals surface area contributed by atoms with Crippen molar-refractivity contribution < 1.29 is 38.1 Å². The van der Waals surface area contributed by atoms with Crippen LogP contribution in [0.3, 0.4) is 0 Å². The third-order valence-electron chi connectivity index (χ3n) is 8.31. The molecule has 0 radical (unpaired) electrons. The van der Waals surface area contributed by atoms with Crippen molar-refractivity contribution in [1.29, 1.82) is 0 Å². The summed E-state index contributed by atoms with van der Waals surface area (Å²) in [7, 11) is 0. The van der Waals surface area contributed by atoms with Crippen molar-refractivity contribution in [2.24, 2.45) is 0 Å². The Bertz CT molecular complexity index is 1830. The minimum absolute atomic E-state index is 0.0894. The SMILES string of the molecule is CCOC(=O)CCC1(NC(=O)OC(C)(C)C)CCN(c2cc(Cl)cc(CC)c2Cn2cnc3c(N(C(=O)OC(C)(C)C)C(=O)OC(C)(C)C)ncnc32)C1. The molecule has 1 saturated heterocycles. The first-order chi connectivity index (χ1) is 25.0. The molecule has 3 heterocycles. The predicted molar refractivity (Wildman–Crippen MR) is 205 cm³/mol. The molecule has 0 saturated carbocycles. The fourth-order valence-corrected chi connectivity index (χ4v) is 6.41. The number of benzene rings is 1. The fourth-order valence-electron chi connectivity index (χ4n) is 6.18. The number of esters is 1. The number of anilines is 2. The summed E-state index contributed by atoms with van der Waals surface area (Å²) in [6, 6.07) is 3.80. The Labute approximate surface area is 322 Å². The van der Waals surface area contributed by atoms with Crippen LogP contribution in [0.2, 0.25) is 5.02 Å². The van der Waals surface area contributed by atoms with Crippen molar-refractivity contribution in [3.63, 3.8) is 0 Å². The molecule has 1 aromatic carbocycles. The van der Waals surface area contributed by atoms with Gasteiger partial charge in [-0.1, -0.05) is 18.5 Å². The van der Waals surface area contributed by atoms with E-state index in [0.717, 1.165) is 21.7 Å². The summed E-state index contributed by atoms with van der Waals surface area (Å²) in [5, 5.41) is 3.63. The first-order valence-electron chi connectivity index (χ1n) is 18.2. The predicted octanol–water partition coefficient (Wildman–Crippen LogP) is 7.58. The summed E-state index contributed by atoms with van der Waals surface area (Å²) in [6.07, 6.45) is 1.96. The van der Waals surface area contributed by atoms with Crippen molar-refractivity contribution in [3.8, 4) is 0 Å². The number of imide groups is 1. The van der Waals surface area contributed by atoms with Gasteiger partial charge in [0.2, 0.25) is 0 Å². The molecular formula is C38H54ClN7O8. The summed E-state index contributed by atoms with van der Waals surface area (Å²) in [5.41, 5.74) is -0.0638. The van der Waals surface area contributed by atoms with E-state index < -0.39 is 40.6 Å². The summed E-state index contributed by atoms with van der Waals surface area (Å²) in [6.45, 7) is 20.8. The number of fused-ring (bicyclic) bond motifs is 1. The highest BCUT2D eigenvalue weighted by atomic mass is 35.5. The second-order valence-electron chi connectivity index (χ2n) is 16.3. The first-order valence-corrected chi connectivity index (χ1v) is 18.6. The normalized spacial score (nSPS) is 16.3. The van der Waals surface area contributed by atoms with Gasteiger partial charge in [0.05, 0.1) is 25.0 Å². The third-order valence-corrected chi connectivity index (χ3v) is 8.53. The van der Waals surface area contributed by atoms with Crippen LogP contribution in [0.1, 0.15) is 107 Å². The zero-order valence-electron chi connectivity index (χ0n) is 33.3. The lowest BCUT2D eigenvalue weighted by atomic mass is 9.92. The lowest BCUT2D eigenvalue weighted by molar-refractivity contribution is -0.143. The molecule has 1 fully saturated rings. The Morgan fingerprint density at radius 2 is 1.54 bits per heavy atom.